The number of rotatable bonds is 5. The fraction of sp³-hybridized carbons (Fsp3) is 0.125. The zero-order valence-corrected chi connectivity index (χ0v) is 11.4. The summed E-state index contributed by atoms with van der Waals surface area (Å²) in [6.07, 6.45) is 0.767. The molecule has 1 unspecified atom stereocenters. The molecule has 0 aliphatic rings. The van der Waals surface area contributed by atoms with Crippen molar-refractivity contribution in [2.24, 2.45) is 0 Å². The van der Waals surface area contributed by atoms with Crippen molar-refractivity contribution in [3.8, 4) is 0 Å². The normalized spacial score (nSPS) is 13.6. The van der Waals surface area contributed by atoms with Crippen molar-refractivity contribution in [2.75, 3.05) is 0 Å². The Morgan fingerprint density at radius 1 is 0.950 bits per heavy atom. The van der Waals surface area contributed by atoms with Crippen molar-refractivity contribution >= 4 is 17.8 Å². The molecule has 0 fully saturated rings. The van der Waals surface area contributed by atoms with Crippen molar-refractivity contribution in [3.05, 3.63) is 72.3 Å². The minimum atomic E-state index is -3.27. The van der Waals surface area contributed by atoms with Gasteiger partial charge in [0, 0.05) is 4.90 Å². The summed E-state index contributed by atoms with van der Waals surface area (Å²) in [4.78, 5) is 0.421. The highest BCUT2D eigenvalue weighted by atomic mass is 32.2. The smallest absolute Gasteiger partial charge is 0.327 e. The van der Waals surface area contributed by atoms with E-state index in [0.717, 1.165) is 11.6 Å². The number of alkyl halides is 2. The molecule has 2 aromatic carbocycles. The summed E-state index contributed by atoms with van der Waals surface area (Å²) in [6, 6.07) is 17.3. The van der Waals surface area contributed by atoms with E-state index < -0.39 is 11.4 Å². The zero-order chi connectivity index (χ0) is 14.4. The van der Waals surface area contributed by atoms with Crippen LogP contribution < -0.4 is 0 Å². The molecule has 20 heavy (non-hydrogen) atoms. The maximum absolute atomic E-state index is 13.9. The Morgan fingerprint density at radius 3 is 2.10 bits per heavy atom. The lowest BCUT2D eigenvalue weighted by Gasteiger charge is -2.19. The molecule has 0 bridgehead atoms. The van der Waals surface area contributed by atoms with E-state index in [1.807, 2.05) is 18.2 Å². The quantitative estimate of drug-likeness (QED) is 0.822. The van der Waals surface area contributed by atoms with Crippen molar-refractivity contribution in [3.63, 3.8) is 0 Å². The first-order valence-electron chi connectivity index (χ1n) is 6.11. The molecule has 0 radical (unpaired) electrons. The van der Waals surface area contributed by atoms with Gasteiger partial charge in [0.15, 0.2) is 0 Å². The topological polar surface area (TPSA) is 20.2 Å². The van der Waals surface area contributed by atoms with E-state index in [-0.39, 0.29) is 0 Å². The van der Waals surface area contributed by atoms with Crippen molar-refractivity contribution in [2.45, 2.75) is 16.3 Å². The van der Waals surface area contributed by atoms with Crippen LogP contribution in [0, 0.1) is 0 Å². The van der Waals surface area contributed by atoms with E-state index >= 15 is 0 Å². The molecule has 2 aromatic rings. The molecule has 104 valence electrons. The molecule has 0 heterocycles. The first kappa shape index (κ1) is 14.8. The highest BCUT2D eigenvalue weighted by molar-refractivity contribution is 8.00. The molecule has 0 saturated heterocycles. The Hall–Kier alpha value is -1.65. The van der Waals surface area contributed by atoms with Gasteiger partial charge in [-0.15, -0.1) is 0 Å². The lowest BCUT2D eigenvalue weighted by molar-refractivity contribution is -0.00668. The van der Waals surface area contributed by atoms with Crippen LogP contribution in [0.4, 0.5) is 8.78 Å². The molecule has 1 atom stereocenters. The molecule has 1 nitrogen and oxygen atoms in total. The van der Waals surface area contributed by atoms with Crippen LogP contribution in [0.15, 0.2) is 71.6 Å². The Kier molecular flexibility index (Phi) is 4.93. The van der Waals surface area contributed by atoms with Crippen LogP contribution in [0.3, 0.4) is 0 Å². The second-order valence-electron chi connectivity index (χ2n) is 4.19. The minimum Gasteiger partial charge on any atom is -0.382 e. The highest BCUT2D eigenvalue weighted by Crippen LogP contribution is 2.38. The predicted octanol–water partition coefficient (Wildman–Crippen LogP) is 4.45. The third kappa shape index (κ3) is 4.18. The standard InChI is InChI=1S/C16H14F2OS/c17-16(18,20-14-9-5-2-6-10-14)15(19)12-11-13-7-3-1-4-8-13/h1-12,15,19H/b12-11+. The molecule has 0 saturated carbocycles. The van der Waals surface area contributed by atoms with Crippen LogP contribution >= 0.6 is 11.8 Å². The SMILES string of the molecule is OC(/C=C/c1ccccc1)C(F)(F)Sc1ccccc1. The van der Waals surface area contributed by atoms with Gasteiger partial charge >= 0.3 is 5.25 Å². The van der Waals surface area contributed by atoms with Crippen LogP contribution in [0.25, 0.3) is 6.08 Å². The van der Waals surface area contributed by atoms with Crippen molar-refractivity contribution in [1.82, 2.24) is 0 Å². The third-order valence-electron chi connectivity index (χ3n) is 2.61. The summed E-state index contributed by atoms with van der Waals surface area (Å²) < 4.78 is 27.7. The van der Waals surface area contributed by atoms with Crippen LogP contribution in [0.2, 0.25) is 0 Å². The van der Waals surface area contributed by atoms with E-state index in [1.54, 1.807) is 42.5 Å². The maximum atomic E-state index is 13.9. The number of halogens is 2. The van der Waals surface area contributed by atoms with E-state index in [0.29, 0.717) is 16.7 Å². The fourth-order valence-corrected chi connectivity index (χ4v) is 2.39. The van der Waals surface area contributed by atoms with E-state index in [9.17, 15) is 13.9 Å². The van der Waals surface area contributed by atoms with Crippen LogP contribution in [-0.4, -0.2) is 16.5 Å². The van der Waals surface area contributed by atoms with Gasteiger partial charge in [-0.3, -0.25) is 0 Å². The van der Waals surface area contributed by atoms with Gasteiger partial charge < -0.3 is 5.11 Å². The van der Waals surface area contributed by atoms with Gasteiger partial charge in [-0.2, -0.15) is 8.78 Å². The fourth-order valence-electron chi connectivity index (χ4n) is 1.58. The number of aliphatic hydroxyl groups excluding tert-OH is 1. The number of hydrogen-bond acceptors (Lipinski definition) is 2. The second-order valence-corrected chi connectivity index (χ2v) is 5.41. The molecule has 0 aliphatic carbocycles. The summed E-state index contributed by atoms with van der Waals surface area (Å²) in [5.74, 6) is 0. The van der Waals surface area contributed by atoms with Crippen LogP contribution in [0.1, 0.15) is 5.56 Å². The summed E-state index contributed by atoms with van der Waals surface area (Å²) in [5, 5.41) is 6.37. The summed E-state index contributed by atoms with van der Waals surface area (Å²) in [5.41, 5.74) is 0.770. The molecule has 1 N–H and O–H groups in total. The van der Waals surface area contributed by atoms with Gasteiger partial charge in [0.05, 0.1) is 0 Å². The first-order chi connectivity index (χ1) is 9.58. The highest BCUT2D eigenvalue weighted by Gasteiger charge is 2.38. The van der Waals surface area contributed by atoms with Gasteiger partial charge in [-0.1, -0.05) is 54.6 Å². The molecular weight excluding hydrogens is 278 g/mol. The Bertz CT molecular complexity index is 555. The van der Waals surface area contributed by atoms with Crippen LogP contribution in [0.5, 0.6) is 0 Å². The molecular formula is C16H14F2OS. The van der Waals surface area contributed by atoms with Gasteiger partial charge in [-0.05, 0) is 35.5 Å². The van der Waals surface area contributed by atoms with E-state index in [2.05, 4.69) is 0 Å². The monoisotopic (exact) mass is 292 g/mol. The minimum absolute atomic E-state index is 0.355. The first-order valence-corrected chi connectivity index (χ1v) is 6.93. The zero-order valence-electron chi connectivity index (χ0n) is 10.6. The second kappa shape index (κ2) is 6.68. The molecule has 0 aliphatic heterocycles. The average Bonchev–Trinajstić information content (AvgIpc) is 2.46. The number of benzene rings is 2. The third-order valence-corrected chi connectivity index (χ3v) is 3.63. The largest absolute Gasteiger partial charge is 0.382 e. The van der Waals surface area contributed by atoms with E-state index in [1.165, 1.54) is 6.08 Å². The lowest BCUT2D eigenvalue weighted by Crippen LogP contribution is -2.27. The Balaban J connectivity index is 2.03. The van der Waals surface area contributed by atoms with Crippen molar-refractivity contribution < 1.29 is 13.9 Å². The maximum Gasteiger partial charge on any atom is 0.327 e. The molecule has 0 amide bonds. The summed E-state index contributed by atoms with van der Waals surface area (Å²) in [7, 11) is 0. The van der Waals surface area contributed by atoms with Gasteiger partial charge in [0.2, 0.25) is 0 Å². The number of thioether (sulfide) groups is 1. The molecule has 2 rings (SSSR count). The predicted molar refractivity (Wildman–Crippen MR) is 78.7 cm³/mol. The molecule has 0 spiro atoms. The average molecular weight is 292 g/mol. The van der Waals surface area contributed by atoms with Crippen LogP contribution in [-0.2, 0) is 0 Å². The van der Waals surface area contributed by atoms with Gasteiger partial charge in [0.25, 0.3) is 0 Å². The lowest BCUT2D eigenvalue weighted by atomic mass is 10.2. The molecule has 4 heteroatoms. The number of aliphatic hydroxyl groups is 1. The molecule has 0 aromatic heterocycles. The Morgan fingerprint density at radius 2 is 1.50 bits per heavy atom. The number of hydrogen-bond donors (Lipinski definition) is 1. The van der Waals surface area contributed by atoms with E-state index in [4.69, 9.17) is 0 Å². The Labute approximate surface area is 121 Å². The summed E-state index contributed by atoms with van der Waals surface area (Å²) in [6.45, 7) is 0. The van der Waals surface area contributed by atoms with Crippen molar-refractivity contribution in [1.29, 1.82) is 0 Å². The van der Waals surface area contributed by atoms with Gasteiger partial charge in [0.1, 0.15) is 6.10 Å². The van der Waals surface area contributed by atoms with Gasteiger partial charge in [-0.25, -0.2) is 0 Å². The summed E-state index contributed by atoms with van der Waals surface area (Å²) >= 11 is 0.355.